The maximum atomic E-state index is 14.0. The number of hydrogen-bond donors (Lipinski definition) is 2. The number of piperidine rings is 1. The molecule has 2 N–H and O–H groups in total. The zero-order valence-electron chi connectivity index (χ0n) is 14.4. The lowest BCUT2D eigenvalue weighted by molar-refractivity contribution is -0.108. The number of rotatable bonds is 4. The average Bonchev–Trinajstić information content (AvgIpc) is 2.66. The normalized spacial score (nSPS) is 19.0. The fourth-order valence-electron chi connectivity index (χ4n) is 3.14. The Morgan fingerprint density at radius 3 is 2.78 bits per heavy atom. The molecule has 0 saturated carbocycles. The summed E-state index contributed by atoms with van der Waals surface area (Å²) in [5, 5.41) is 6.37. The van der Waals surface area contributed by atoms with Crippen LogP contribution in [0, 0.1) is 5.82 Å². The molecular formula is C20H18F3N3O. The molecule has 27 heavy (non-hydrogen) atoms. The molecule has 1 aliphatic heterocycles. The molecule has 0 spiro atoms. The summed E-state index contributed by atoms with van der Waals surface area (Å²) in [6.07, 6.45) is 0.640. The summed E-state index contributed by atoms with van der Waals surface area (Å²) in [6, 6.07) is 13.0. The predicted octanol–water partition coefficient (Wildman–Crippen LogP) is 4.49. The minimum Gasteiger partial charge on any atom is -0.484 e. The van der Waals surface area contributed by atoms with Crippen LogP contribution in [0.4, 0.5) is 24.5 Å². The SMILES string of the molecule is Fc1ccccc1Nc1ccnc2ccc(OC3CCNCC3(F)F)cc12. The van der Waals surface area contributed by atoms with Gasteiger partial charge in [-0.15, -0.1) is 0 Å². The number of para-hydroxylation sites is 1. The highest BCUT2D eigenvalue weighted by Crippen LogP contribution is 2.32. The van der Waals surface area contributed by atoms with Gasteiger partial charge < -0.3 is 15.4 Å². The van der Waals surface area contributed by atoms with Crippen molar-refractivity contribution in [3.05, 3.63) is 60.5 Å². The molecule has 4 rings (SSSR count). The van der Waals surface area contributed by atoms with Gasteiger partial charge in [0.15, 0.2) is 6.10 Å². The van der Waals surface area contributed by atoms with Crippen LogP contribution in [0.25, 0.3) is 10.9 Å². The van der Waals surface area contributed by atoms with Crippen LogP contribution in [0.3, 0.4) is 0 Å². The first-order valence-corrected chi connectivity index (χ1v) is 8.68. The number of alkyl halides is 2. The topological polar surface area (TPSA) is 46.2 Å². The molecule has 3 aromatic rings. The number of halogens is 3. The summed E-state index contributed by atoms with van der Waals surface area (Å²) in [5.74, 6) is -2.99. The Morgan fingerprint density at radius 2 is 1.96 bits per heavy atom. The maximum absolute atomic E-state index is 14.0. The van der Waals surface area contributed by atoms with Crippen molar-refractivity contribution in [1.29, 1.82) is 0 Å². The van der Waals surface area contributed by atoms with Crippen LogP contribution < -0.4 is 15.4 Å². The fourth-order valence-corrected chi connectivity index (χ4v) is 3.14. The van der Waals surface area contributed by atoms with Crippen molar-refractivity contribution in [3.8, 4) is 5.75 Å². The van der Waals surface area contributed by atoms with Crippen molar-refractivity contribution < 1.29 is 17.9 Å². The molecule has 0 amide bonds. The van der Waals surface area contributed by atoms with Crippen LogP contribution >= 0.6 is 0 Å². The number of benzene rings is 2. The Labute approximate surface area is 154 Å². The number of hydrogen-bond acceptors (Lipinski definition) is 4. The van der Waals surface area contributed by atoms with E-state index in [1.165, 1.54) is 6.07 Å². The highest BCUT2D eigenvalue weighted by atomic mass is 19.3. The maximum Gasteiger partial charge on any atom is 0.296 e. The highest BCUT2D eigenvalue weighted by molar-refractivity contribution is 5.93. The van der Waals surface area contributed by atoms with Gasteiger partial charge in [0.25, 0.3) is 5.92 Å². The van der Waals surface area contributed by atoms with Crippen LogP contribution in [0.5, 0.6) is 5.75 Å². The Kier molecular flexibility index (Phi) is 4.61. The molecule has 0 radical (unpaired) electrons. The minimum absolute atomic E-state index is 0.221. The third-order valence-electron chi connectivity index (χ3n) is 4.55. The summed E-state index contributed by atoms with van der Waals surface area (Å²) in [7, 11) is 0. The van der Waals surface area contributed by atoms with E-state index in [2.05, 4.69) is 15.6 Å². The summed E-state index contributed by atoms with van der Waals surface area (Å²) in [4.78, 5) is 4.27. The van der Waals surface area contributed by atoms with Gasteiger partial charge in [-0.25, -0.2) is 13.2 Å². The smallest absolute Gasteiger partial charge is 0.296 e. The number of anilines is 2. The molecule has 140 valence electrons. The lowest BCUT2D eigenvalue weighted by atomic mass is 10.1. The van der Waals surface area contributed by atoms with E-state index >= 15 is 0 Å². The number of nitrogens with zero attached hydrogens (tertiary/aromatic N) is 1. The van der Waals surface area contributed by atoms with E-state index in [1.54, 1.807) is 48.7 Å². The van der Waals surface area contributed by atoms with Crippen molar-refractivity contribution in [1.82, 2.24) is 10.3 Å². The van der Waals surface area contributed by atoms with Crippen LogP contribution in [-0.4, -0.2) is 30.1 Å². The van der Waals surface area contributed by atoms with E-state index in [0.717, 1.165) is 0 Å². The van der Waals surface area contributed by atoms with E-state index < -0.39 is 18.6 Å². The molecule has 7 heteroatoms. The Balaban J connectivity index is 1.66. The zero-order valence-corrected chi connectivity index (χ0v) is 14.4. The van der Waals surface area contributed by atoms with E-state index in [4.69, 9.17) is 4.74 Å². The molecule has 1 saturated heterocycles. The van der Waals surface area contributed by atoms with Crippen molar-refractivity contribution >= 4 is 22.3 Å². The number of pyridine rings is 1. The summed E-state index contributed by atoms with van der Waals surface area (Å²) in [6.45, 7) is 0.0857. The monoisotopic (exact) mass is 373 g/mol. The van der Waals surface area contributed by atoms with Crippen LogP contribution in [-0.2, 0) is 0 Å². The lowest BCUT2D eigenvalue weighted by Gasteiger charge is -2.32. The molecule has 1 atom stereocenters. The van der Waals surface area contributed by atoms with Gasteiger partial charge in [0, 0.05) is 23.7 Å². The molecule has 1 unspecified atom stereocenters. The molecule has 4 nitrogen and oxygen atoms in total. The fraction of sp³-hybridized carbons (Fsp3) is 0.250. The quantitative estimate of drug-likeness (QED) is 0.707. The largest absolute Gasteiger partial charge is 0.484 e. The number of nitrogens with one attached hydrogen (secondary N) is 2. The van der Waals surface area contributed by atoms with Gasteiger partial charge in [-0.1, -0.05) is 12.1 Å². The zero-order chi connectivity index (χ0) is 18.9. The highest BCUT2D eigenvalue weighted by Gasteiger charge is 2.43. The van der Waals surface area contributed by atoms with Gasteiger partial charge in [0.05, 0.1) is 17.7 Å². The van der Waals surface area contributed by atoms with Crippen LogP contribution in [0.2, 0.25) is 0 Å². The number of aromatic nitrogens is 1. The third kappa shape index (κ3) is 3.68. The second kappa shape index (κ2) is 7.08. The van der Waals surface area contributed by atoms with E-state index in [1.807, 2.05) is 0 Å². The first-order valence-electron chi connectivity index (χ1n) is 8.68. The summed E-state index contributed by atoms with van der Waals surface area (Å²) < 4.78 is 47.6. The number of ether oxygens (including phenoxy) is 1. The van der Waals surface area contributed by atoms with Gasteiger partial charge in [-0.2, -0.15) is 0 Å². The Bertz CT molecular complexity index is 964. The first-order chi connectivity index (χ1) is 13.0. The Morgan fingerprint density at radius 1 is 1.11 bits per heavy atom. The second-order valence-corrected chi connectivity index (χ2v) is 6.48. The Hall–Kier alpha value is -2.80. The van der Waals surface area contributed by atoms with Crippen LogP contribution in [0.1, 0.15) is 6.42 Å². The molecule has 1 aromatic heterocycles. The average molecular weight is 373 g/mol. The standard InChI is InChI=1S/C20H18F3N3O/c21-15-3-1-2-4-18(15)26-17-7-10-25-16-6-5-13(11-14(16)17)27-19-8-9-24-12-20(19,22)23/h1-7,10-11,19,24H,8-9,12H2,(H,25,26). The van der Waals surface area contributed by atoms with Crippen LogP contribution in [0.15, 0.2) is 54.7 Å². The summed E-state index contributed by atoms with van der Waals surface area (Å²) in [5.41, 5.74) is 1.59. The minimum atomic E-state index is -2.93. The second-order valence-electron chi connectivity index (χ2n) is 6.48. The van der Waals surface area contributed by atoms with Crippen molar-refractivity contribution in [2.45, 2.75) is 18.4 Å². The van der Waals surface area contributed by atoms with Gasteiger partial charge in [-0.05, 0) is 42.9 Å². The predicted molar refractivity (Wildman–Crippen MR) is 98.3 cm³/mol. The lowest BCUT2D eigenvalue weighted by Crippen LogP contribution is -2.52. The third-order valence-corrected chi connectivity index (χ3v) is 4.55. The van der Waals surface area contributed by atoms with Crippen molar-refractivity contribution in [3.63, 3.8) is 0 Å². The number of fused-ring (bicyclic) bond motifs is 1. The van der Waals surface area contributed by atoms with E-state index in [0.29, 0.717) is 34.6 Å². The van der Waals surface area contributed by atoms with Gasteiger partial charge in [0.2, 0.25) is 0 Å². The molecular weight excluding hydrogens is 355 g/mol. The van der Waals surface area contributed by atoms with E-state index in [9.17, 15) is 13.2 Å². The summed E-state index contributed by atoms with van der Waals surface area (Å²) >= 11 is 0. The first kappa shape index (κ1) is 17.6. The van der Waals surface area contributed by atoms with Crippen molar-refractivity contribution in [2.24, 2.45) is 0 Å². The molecule has 2 aromatic carbocycles. The molecule has 0 bridgehead atoms. The van der Waals surface area contributed by atoms with E-state index in [-0.39, 0.29) is 12.2 Å². The van der Waals surface area contributed by atoms with Gasteiger partial charge in [0.1, 0.15) is 11.6 Å². The molecule has 1 fully saturated rings. The molecule has 0 aliphatic carbocycles. The molecule has 1 aliphatic rings. The van der Waals surface area contributed by atoms with Gasteiger partial charge >= 0.3 is 0 Å². The van der Waals surface area contributed by atoms with Crippen molar-refractivity contribution in [2.75, 3.05) is 18.4 Å². The van der Waals surface area contributed by atoms with Gasteiger partial charge in [-0.3, -0.25) is 4.98 Å². The molecule has 2 heterocycles.